The van der Waals surface area contributed by atoms with Gasteiger partial charge in [-0.05, 0) is 0 Å². The minimum atomic E-state index is -4.77. The quantitative estimate of drug-likeness (QED) is 0.0707. The SMILES string of the molecule is C[Se]CCCC/C(=N/OS(=O)(=O)O)S[C@@H]1O[C@H](CO)[C@@H](O)[C@H](O)[C@H]1O. The maximum absolute atomic E-state index is 10.7. The summed E-state index contributed by atoms with van der Waals surface area (Å²) in [5, 5.41) is 43.2. The Labute approximate surface area is 156 Å². The Kier molecular flexibility index (Phi) is 10.2. The Morgan fingerprint density at radius 1 is 1.24 bits per heavy atom. The van der Waals surface area contributed by atoms with E-state index in [1.54, 1.807) is 0 Å². The molecule has 0 radical (unpaired) electrons. The fourth-order valence-corrected chi connectivity index (χ4v) is 4.41. The first-order valence-corrected chi connectivity index (χ1v) is 12.6. The van der Waals surface area contributed by atoms with Crippen molar-refractivity contribution in [1.29, 1.82) is 0 Å². The van der Waals surface area contributed by atoms with Crippen molar-refractivity contribution in [1.82, 2.24) is 0 Å². The van der Waals surface area contributed by atoms with Crippen LogP contribution in [0.2, 0.25) is 11.1 Å². The number of hydrogen-bond acceptors (Lipinski definition) is 10. The van der Waals surface area contributed by atoms with Gasteiger partial charge < -0.3 is 0 Å². The molecule has 25 heavy (non-hydrogen) atoms. The minimum absolute atomic E-state index is 0.130. The van der Waals surface area contributed by atoms with E-state index in [9.17, 15) is 28.8 Å². The summed E-state index contributed by atoms with van der Waals surface area (Å²) in [6.07, 6.45) is -3.73. The van der Waals surface area contributed by atoms with Gasteiger partial charge in [0.15, 0.2) is 0 Å². The van der Waals surface area contributed by atoms with Crippen LogP contribution in [-0.2, 0) is 19.4 Å². The van der Waals surface area contributed by atoms with E-state index in [0.29, 0.717) is 27.8 Å². The molecule has 148 valence electrons. The second kappa shape index (κ2) is 11.0. The van der Waals surface area contributed by atoms with E-state index in [4.69, 9.17) is 9.29 Å². The molecule has 0 spiro atoms. The first-order valence-electron chi connectivity index (χ1n) is 7.38. The molecular weight excluding hydrogens is 445 g/mol. The Hall–Kier alpha value is 0.0495. The summed E-state index contributed by atoms with van der Waals surface area (Å²) in [4.78, 5) is 0. The summed E-state index contributed by atoms with van der Waals surface area (Å²) in [5.74, 6) is 2.09. The molecule has 0 aromatic carbocycles. The van der Waals surface area contributed by atoms with Gasteiger partial charge in [0, 0.05) is 0 Å². The van der Waals surface area contributed by atoms with E-state index in [0.717, 1.165) is 23.5 Å². The standard InChI is InChI=1S/C12H23NO9S2Se/c1-25-5-3-2-4-8(13-22-24(18,19)20)23-12-11(17)10(16)9(15)7(6-14)21-12/h7,9-12,14-17H,2-6H2,1H3,(H,18,19,20)/b13-8-/t7-,9-,10+,11-,12+/m1/s1. The molecule has 5 N–H and O–H groups in total. The number of aliphatic hydroxyl groups excluding tert-OH is 4. The molecule has 13 heteroatoms. The van der Waals surface area contributed by atoms with Crippen LogP contribution in [0.15, 0.2) is 5.16 Å². The van der Waals surface area contributed by atoms with Gasteiger partial charge in [-0.1, -0.05) is 0 Å². The van der Waals surface area contributed by atoms with Crippen LogP contribution in [0.5, 0.6) is 0 Å². The van der Waals surface area contributed by atoms with E-state index in [1.165, 1.54) is 0 Å². The predicted octanol–water partition coefficient (Wildman–Crippen LogP) is -1.01. The van der Waals surface area contributed by atoms with Crippen LogP contribution in [0.25, 0.3) is 0 Å². The fourth-order valence-electron chi connectivity index (χ4n) is 2.04. The second-order valence-electron chi connectivity index (χ2n) is 5.25. The van der Waals surface area contributed by atoms with Crippen molar-refractivity contribution >= 4 is 42.2 Å². The van der Waals surface area contributed by atoms with Crippen molar-refractivity contribution < 1.29 is 42.4 Å². The van der Waals surface area contributed by atoms with Gasteiger partial charge in [-0.15, -0.1) is 0 Å². The molecule has 10 nitrogen and oxygen atoms in total. The Balaban J connectivity index is 2.80. The van der Waals surface area contributed by atoms with Crippen molar-refractivity contribution in [2.45, 2.75) is 60.3 Å². The number of aliphatic hydroxyl groups is 4. The number of nitrogens with zero attached hydrogens (tertiary/aromatic N) is 1. The van der Waals surface area contributed by atoms with Crippen molar-refractivity contribution in [2.24, 2.45) is 5.16 Å². The third-order valence-corrected chi connectivity index (χ3v) is 6.22. The third-order valence-electron chi connectivity index (χ3n) is 3.32. The Morgan fingerprint density at radius 2 is 1.92 bits per heavy atom. The zero-order chi connectivity index (χ0) is 19.0. The number of unbranched alkanes of at least 4 members (excludes halogenated alkanes) is 1. The van der Waals surface area contributed by atoms with Crippen LogP contribution in [0.1, 0.15) is 19.3 Å². The first-order chi connectivity index (χ1) is 11.7. The molecule has 1 aliphatic rings. The second-order valence-corrected chi connectivity index (χ2v) is 9.50. The van der Waals surface area contributed by atoms with Gasteiger partial charge in [-0.3, -0.25) is 0 Å². The number of rotatable bonds is 9. The molecule has 0 amide bonds. The van der Waals surface area contributed by atoms with Crippen LogP contribution >= 0.6 is 11.8 Å². The molecule has 0 unspecified atom stereocenters. The van der Waals surface area contributed by atoms with E-state index in [2.05, 4.69) is 15.3 Å². The summed E-state index contributed by atoms with van der Waals surface area (Å²) in [7, 11) is -4.77. The van der Waals surface area contributed by atoms with Crippen molar-refractivity contribution in [2.75, 3.05) is 6.61 Å². The molecule has 1 fully saturated rings. The van der Waals surface area contributed by atoms with E-state index >= 15 is 0 Å². The van der Waals surface area contributed by atoms with Gasteiger partial charge in [0.25, 0.3) is 0 Å². The summed E-state index contributed by atoms with van der Waals surface area (Å²) < 4.78 is 39.4. The van der Waals surface area contributed by atoms with E-state index in [-0.39, 0.29) is 5.04 Å². The van der Waals surface area contributed by atoms with Gasteiger partial charge >= 0.3 is 157 Å². The van der Waals surface area contributed by atoms with Gasteiger partial charge in [0.05, 0.1) is 0 Å². The van der Waals surface area contributed by atoms with Crippen molar-refractivity contribution in [3.05, 3.63) is 0 Å². The molecular formula is C12H23NO9S2Se. The number of oxime groups is 1. The molecule has 0 saturated carbocycles. The summed E-state index contributed by atoms with van der Waals surface area (Å²) in [5.41, 5.74) is -1.10. The van der Waals surface area contributed by atoms with Gasteiger partial charge in [0.1, 0.15) is 0 Å². The van der Waals surface area contributed by atoms with Gasteiger partial charge in [-0.2, -0.15) is 0 Å². The normalized spacial score (nSPS) is 31.1. The fraction of sp³-hybridized carbons (Fsp3) is 0.917. The van der Waals surface area contributed by atoms with Gasteiger partial charge in [-0.25, -0.2) is 0 Å². The monoisotopic (exact) mass is 469 g/mol. The summed E-state index contributed by atoms with van der Waals surface area (Å²) in [6, 6.07) is 0. The van der Waals surface area contributed by atoms with Crippen LogP contribution in [0.4, 0.5) is 0 Å². The predicted molar refractivity (Wildman–Crippen MR) is 91.7 cm³/mol. The first kappa shape index (κ1) is 23.1. The molecule has 1 aliphatic heterocycles. The third kappa shape index (κ3) is 8.08. The van der Waals surface area contributed by atoms with Gasteiger partial charge in [0.2, 0.25) is 0 Å². The average Bonchev–Trinajstić information content (AvgIpc) is 2.55. The Bertz CT molecular complexity index is 531. The van der Waals surface area contributed by atoms with Crippen LogP contribution < -0.4 is 0 Å². The summed E-state index contributed by atoms with van der Waals surface area (Å²) in [6.45, 7) is -0.575. The molecule has 1 rings (SSSR count). The van der Waals surface area contributed by atoms with Crippen molar-refractivity contribution in [3.8, 4) is 0 Å². The zero-order valence-electron chi connectivity index (χ0n) is 13.5. The topological polar surface area (TPSA) is 166 Å². The summed E-state index contributed by atoms with van der Waals surface area (Å²) >= 11 is 1.30. The van der Waals surface area contributed by atoms with E-state index < -0.39 is 46.9 Å². The van der Waals surface area contributed by atoms with Crippen LogP contribution in [0.3, 0.4) is 0 Å². The number of ether oxygens (including phenoxy) is 1. The van der Waals surface area contributed by atoms with Crippen LogP contribution in [0, 0.1) is 0 Å². The molecule has 1 heterocycles. The Morgan fingerprint density at radius 3 is 2.48 bits per heavy atom. The van der Waals surface area contributed by atoms with Crippen molar-refractivity contribution in [3.63, 3.8) is 0 Å². The molecule has 0 aliphatic carbocycles. The zero-order valence-corrected chi connectivity index (χ0v) is 16.8. The van der Waals surface area contributed by atoms with E-state index in [1.807, 2.05) is 0 Å². The molecule has 0 aromatic heterocycles. The molecule has 1 saturated heterocycles. The maximum atomic E-state index is 10.7. The molecule has 0 aromatic rings. The number of hydrogen-bond donors (Lipinski definition) is 5. The number of thioether (sulfide) groups is 1. The van der Waals surface area contributed by atoms with Crippen LogP contribution in [-0.4, -0.2) is 89.9 Å². The molecule has 5 atom stereocenters. The average molecular weight is 468 g/mol. The molecule has 0 bridgehead atoms.